The van der Waals surface area contributed by atoms with Crippen LogP contribution >= 0.6 is 7.82 Å². The number of aliphatic hydroxyl groups excluding tert-OH is 2. The van der Waals surface area contributed by atoms with E-state index in [9.17, 15) is 19.6 Å². The molecule has 0 radical (unpaired) electrons. The van der Waals surface area contributed by atoms with Crippen LogP contribution in [0.15, 0.2) is 72.0 Å². The first-order chi connectivity index (χ1) is 17.2. The standard InChI is InChI=1S/C23H23N4O8P/c28-19-17(11-34-36(31,32)33)35-23(20(19)29)27-13-26(18-21(27)24-12-25-22(18)30)10-14-6-8-16(9-7-14)15-4-2-1-3-5-15/h1-9,12-13,17,19-20,23,28-29H,10-11H2,(H2-,24,25,30,31,32,33)/p+1/t17-,19-,20-,23-/m1/s1. The molecule has 3 heterocycles. The third kappa shape index (κ3) is 4.88. The monoisotopic (exact) mass is 515 g/mol. The summed E-state index contributed by atoms with van der Waals surface area (Å²) in [4.78, 5) is 37.3. The number of ether oxygens (including phenoxy) is 1. The lowest BCUT2D eigenvalue weighted by atomic mass is 10.0. The van der Waals surface area contributed by atoms with Crippen LogP contribution in [0.25, 0.3) is 22.3 Å². The highest BCUT2D eigenvalue weighted by Crippen LogP contribution is 2.37. The van der Waals surface area contributed by atoms with Crippen molar-refractivity contribution in [1.29, 1.82) is 0 Å². The zero-order valence-corrected chi connectivity index (χ0v) is 19.7. The lowest BCUT2D eigenvalue weighted by molar-refractivity contribution is -0.746. The number of phosphoric ester groups is 1. The van der Waals surface area contributed by atoms with Crippen molar-refractivity contribution in [1.82, 2.24) is 14.5 Å². The van der Waals surface area contributed by atoms with E-state index in [1.807, 2.05) is 54.6 Å². The molecule has 0 bridgehead atoms. The Morgan fingerprint density at radius 2 is 1.75 bits per heavy atom. The summed E-state index contributed by atoms with van der Waals surface area (Å²) in [5.74, 6) is 0. The molecule has 5 rings (SSSR count). The molecule has 188 valence electrons. The van der Waals surface area contributed by atoms with Crippen LogP contribution in [0.1, 0.15) is 11.8 Å². The maximum absolute atomic E-state index is 12.7. The van der Waals surface area contributed by atoms with Gasteiger partial charge in [-0.15, -0.1) is 0 Å². The van der Waals surface area contributed by atoms with Crippen LogP contribution < -0.4 is 10.1 Å². The van der Waals surface area contributed by atoms with Crippen molar-refractivity contribution >= 4 is 19.0 Å². The highest BCUT2D eigenvalue weighted by Gasteiger charge is 2.47. The quantitative estimate of drug-likeness (QED) is 0.173. The first-order valence-electron chi connectivity index (χ1n) is 11.0. The Balaban J connectivity index is 1.45. The van der Waals surface area contributed by atoms with Crippen molar-refractivity contribution in [3.8, 4) is 11.1 Å². The number of aliphatic hydroxyl groups is 2. The number of aromatic nitrogens is 4. The van der Waals surface area contributed by atoms with Crippen LogP contribution in [0.2, 0.25) is 0 Å². The molecule has 0 amide bonds. The SMILES string of the molecule is O=c1[nH]cnc2c1n(Cc1ccc(-c3ccccc3)cc1)c[n+]2[C@@H]1O[C@H](COP(=O)(O)O)[C@@H](O)[C@H]1O. The lowest BCUT2D eigenvalue weighted by Crippen LogP contribution is -2.46. The number of H-pyrrole nitrogens is 1. The van der Waals surface area contributed by atoms with Crippen LogP contribution in [0.4, 0.5) is 0 Å². The highest BCUT2D eigenvalue weighted by molar-refractivity contribution is 7.46. The van der Waals surface area contributed by atoms with Crippen molar-refractivity contribution < 1.29 is 38.4 Å². The van der Waals surface area contributed by atoms with Crippen LogP contribution in [-0.4, -0.2) is 59.5 Å². The molecular formula is C23H24N4O8P+. The molecule has 4 aromatic rings. The number of phosphoric acid groups is 1. The normalized spacial score (nSPS) is 22.3. The Labute approximate surface area is 204 Å². The number of rotatable bonds is 7. The Bertz CT molecular complexity index is 1470. The summed E-state index contributed by atoms with van der Waals surface area (Å²) >= 11 is 0. The van der Waals surface area contributed by atoms with E-state index in [2.05, 4.69) is 14.5 Å². The molecule has 0 unspecified atom stereocenters. The van der Waals surface area contributed by atoms with Gasteiger partial charge in [0.05, 0.1) is 13.2 Å². The van der Waals surface area contributed by atoms with Crippen LogP contribution in [0, 0.1) is 0 Å². The van der Waals surface area contributed by atoms with Gasteiger partial charge in [0.25, 0.3) is 5.56 Å². The van der Waals surface area contributed by atoms with Crippen molar-refractivity contribution in [2.75, 3.05) is 6.61 Å². The molecule has 36 heavy (non-hydrogen) atoms. The minimum Gasteiger partial charge on any atom is -0.387 e. The minimum absolute atomic E-state index is 0.201. The van der Waals surface area contributed by atoms with Crippen LogP contribution in [0.5, 0.6) is 0 Å². The average Bonchev–Trinajstić information content (AvgIpc) is 3.36. The van der Waals surface area contributed by atoms with Crippen molar-refractivity contribution in [3.05, 3.63) is 83.2 Å². The smallest absolute Gasteiger partial charge is 0.387 e. The molecule has 2 aromatic carbocycles. The molecule has 1 saturated heterocycles. The predicted octanol–water partition coefficient (Wildman–Crippen LogP) is 0.456. The van der Waals surface area contributed by atoms with Gasteiger partial charge in [0.2, 0.25) is 11.7 Å². The summed E-state index contributed by atoms with van der Waals surface area (Å²) in [5.41, 5.74) is 3.05. The Morgan fingerprint density at radius 1 is 1.06 bits per heavy atom. The molecular weight excluding hydrogens is 491 g/mol. The summed E-state index contributed by atoms with van der Waals surface area (Å²) in [6.07, 6.45) is -2.58. The van der Waals surface area contributed by atoms with Gasteiger partial charge >= 0.3 is 13.5 Å². The fraction of sp³-hybridized carbons (Fsp3) is 0.261. The van der Waals surface area contributed by atoms with Gasteiger partial charge in [0, 0.05) is 0 Å². The first kappa shape index (κ1) is 24.5. The molecule has 4 atom stereocenters. The fourth-order valence-electron chi connectivity index (χ4n) is 4.30. The maximum atomic E-state index is 12.7. The zero-order chi connectivity index (χ0) is 25.4. The van der Waals surface area contributed by atoms with Gasteiger partial charge in [-0.2, -0.15) is 0 Å². The van der Waals surface area contributed by atoms with E-state index in [1.54, 1.807) is 10.9 Å². The van der Waals surface area contributed by atoms with E-state index in [-0.39, 0.29) is 11.2 Å². The molecule has 13 heteroatoms. The number of nitrogens with zero attached hydrogens (tertiary/aromatic N) is 3. The minimum atomic E-state index is -4.80. The second-order valence-electron chi connectivity index (χ2n) is 8.45. The Morgan fingerprint density at radius 3 is 2.44 bits per heavy atom. The maximum Gasteiger partial charge on any atom is 0.469 e. The average molecular weight is 515 g/mol. The van der Waals surface area contributed by atoms with Crippen LogP contribution in [0.3, 0.4) is 0 Å². The summed E-state index contributed by atoms with van der Waals surface area (Å²) in [6, 6.07) is 17.8. The molecule has 0 spiro atoms. The number of aromatic amines is 1. The third-order valence-electron chi connectivity index (χ3n) is 6.04. The first-order valence-corrected chi connectivity index (χ1v) is 12.6. The number of nitrogens with one attached hydrogen (secondary N) is 1. The summed E-state index contributed by atoms with van der Waals surface area (Å²) in [7, 11) is -4.80. The summed E-state index contributed by atoms with van der Waals surface area (Å²) in [6.45, 7) is -0.330. The lowest BCUT2D eigenvalue weighted by Gasteiger charge is -2.14. The van der Waals surface area contributed by atoms with E-state index in [1.165, 1.54) is 10.9 Å². The number of fused-ring (bicyclic) bond motifs is 1. The van der Waals surface area contributed by atoms with Gasteiger partial charge < -0.3 is 24.7 Å². The van der Waals surface area contributed by atoms with Gasteiger partial charge in [0.15, 0.2) is 12.7 Å². The molecule has 0 saturated carbocycles. The number of imidazole rings is 1. The molecule has 2 aromatic heterocycles. The van der Waals surface area contributed by atoms with Crippen LogP contribution in [-0.2, 0) is 20.4 Å². The topological polar surface area (TPSA) is 171 Å². The van der Waals surface area contributed by atoms with Gasteiger partial charge in [-0.25, -0.2) is 9.13 Å². The van der Waals surface area contributed by atoms with Crippen molar-refractivity contribution in [3.63, 3.8) is 0 Å². The summed E-state index contributed by atoms with van der Waals surface area (Å²) in [5, 5.41) is 21.0. The molecule has 1 fully saturated rings. The van der Waals surface area contributed by atoms with Gasteiger partial charge in [0.1, 0.15) is 18.3 Å². The number of hydrogen-bond acceptors (Lipinski definition) is 7. The molecule has 0 aliphatic carbocycles. The van der Waals surface area contributed by atoms with Gasteiger partial charge in [-0.05, 0) is 16.7 Å². The largest absolute Gasteiger partial charge is 0.469 e. The molecule has 5 N–H and O–H groups in total. The second kappa shape index (κ2) is 9.68. The van der Waals surface area contributed by atoms with E-state index in [0.717, 1.165) is 16.7 Å². The fourth-order valence-corrected chi connectivity index (χ4v) is 4.64. The zero-order valence-electron chi connectivity index (χ0n) is 18.8. The third-order valence-corrected chi connectivity index (χ3v) is 6.52. The van der Waals surface area contributed by atoms with Crippen molar-refractivity contribution in [2.45, 2.75) is 31.1 Å². The van der Waals surface area contributed by atoms with E-state index < -0.39 is 44.5 Å². The number of benzene rings is 2. The van der Waals surface area contributed by atoms with Gasteiger partial charge in [-0.3, -0.25) is 18.9 Å². The number of hydrogen-bond donors (Lipinski definition) is 5. The molecule has 1 aliphatic heterocycles. The van der Waals surface area contributed by atoms with Gasteiger partial charge in [-0.1, -0.05) is 59.6 Å². The summed E-state index contributed by atoms with van der Waals surface area (Å²) < 4.78 is 24.2. The predicted molar refractivity (Wildman–Crippen MR) is 125 cm³/mol. The Hall–Kier alpha value is -3.22. The molecule has 1 aliphatic rings. The second-order valence-corrected chi connectivity index (χ2v) is 9.69. The Kier molecular flexibility index (Phi) is 6.58. The van der Waals surface area contributed by atoms with E-state index >= 15 is 0 Å². The van der Waals surface area contributed by atoms with E-state index in [4.69, 9.17) is 14.5 Å². The van der Waals surface area contributed by atoms with Crippen molar-refractivity contribution in [2.24, 2.45) is 0 Å². The van der Waals surface area contributed by atoms with E-state index in [0.29, 0.717) is 6.54 Å². The highest BCUT2D eigenvalue weighted by atomic mass is 31.2. The molecule has 12 nitrogen and oxygen atoms in total.